The van der Waals surface area contributed by atoms with Crippen molar-refractivity contribution in [3.8, 4) is 0 Å². The number of nitrogens with zero attached hydrogens (tertiary/aromatic N) is 4. The third-order valence-corrected chi connectivity index (χ3v) is 4.49. The number of hydrogen-bond donors (Lipinski definition) is 1. The topological polar surface area (TPSA) is 89.3 Å². The molecule has 24 heavy (non-hydrogen) atoms. The van der Waals surface area contributed by atoms with Crippen LogP contribution in [-0.2, 0) is 10.0 Å². The van der Waals surface area contributed by atoms with Crippen molar-refractivity contribution in [2.75, 3.05) is 4.72 Å². The Morgan fingerprint density at radius 1 is 1.12 bits per heavy atom. The highest BCUT2D eigenvalue weighted by Gasteiger charge is 2.25. The maximum Gasteiger partial charge on any atom is 0.299 e. The van der Waals surface area contributed by atoms with Crippen LogP contribution in [0.1, 0.15) is 17.0 Å². The fraction of sp³-hybridized carbons (Fsp3) is 0.214. The number of anilines is 1. The van der Waals surface area contributed by atoms with Crippen molar-refractivity contribution in [1.29, 1.82) is 0 Å². The number of rotatable bonds is 3. The van der Waals surface area contributed by atoms with Gasteiger partial charge in [-0.2, -0.15) is 13.4 Å². The second-order valence-corrected chi connectivity index (χ2v) is 6.88. The second-order valence-electron chi connectivity index (χ2n) is 5.30. The number of aryl methyl sites for hydroxylation is 3. The number of sulfonamides is 1. The predicted octanol–water partition coefficient (Wildman–Crippen LogP) is 2.13. The fourth-order valence-corrected chi connectivity index (χ4v) is 3.13. The number of nitrogens with one attached hydrogen (secondary N) is 1. The van der Waals surface area contributed by atoms with Gasteiger partial charge in [0.05, 0.1) is 0 Å². The van der Waals surface area contributed by atoms with Gasteiger partial charge in [-0.15, -0.1) is 5.10 Å². The summed E-state index contributed by atoms with van der Waals surface area (Å²) < 4.78 is 55.6. The van der Waals surface area contributed by atoms with Gasteiger partial charge in [-0.1, -0.05) is 6.07 Å². The summed E-state index contributed by atoms with van der Waals surface area (Å²) in [5, 5.41) is 3.23. The first kappa shape index (κ1) is 16.2. The molecule has 0 aliphatic heterocycles. The van der Waals surface area contributed by atoms with Gasteiger partial charge < -0.3 is 0 Å². The Balaban J connectivity index is 2.09. The van der Waals surface area contributed by atoms with Crippen LogP contribution in [0.3, 0.4) is 0 Å². The molecule has 3 aromatic rings. The van der Waals surface area contributed by atoms with E-state index in [1.807, 2.05) is 4.72 Å². The third kappa shape index (κ3) is 2.68. The summed E-state index contributed by atoms with van der Waals surface area (Å²) in [6, 6.07) is 3.88. The van der Waals surface area contributed by atoms with Crippen molar-refractivity contribution in [3.05, 3.63) is 46.8 Å². The van der Waals surface area contributed by atoms with Gasteiger partial charge >= 0.3 is 0 Å². The van der Waals surface area contributed by atoms with E-state index in [2.05, 4.69) is 15.1 Å². The molecule has 0 spiro atoms. The van der Waals surface area contributed by atoms with Crippen molar-refractivity contribution in [3.63, 3.8) is 0 Å². The largest absolute Gasteiger partial charge is 0.299 e. The molecule has 0 aliphatic carbocycles. The van der Waals surface area contributed by atoms with Gasteiger partial charge in [-0.05, 0) is 38.5 Å². The summed E-state index contributed by atoms with van der Waals surface area (Å²) in [6.07, 6.45) is 0. The maximum absolute atomic E-state index is 14.0. The molecule has 7 nitrogen and oxygen atoms in total. The highest BCUT2D eigenvalue weighted by atomic mass is 32.2. The highest BCUT2D eigenvalue weighted by Crippen LogP contribution is 2.24. The standard InChI is InChI=1S/C14H13F2N5O2S/c1-7-4-5-10(15)12(11(7)16)20-24(22,23)14-18-13-17-8(2)6-9(3)21(13)19-14/h4-6,20H,1-3H3. The molecule has 0 radical (unpaired) electrons. The number of benzene rings is 1. The van der Waals surface area contributed by atoms with Gasteiger partial charge in [-0.25, -0.2) is 18.3 Å². The smallest absolute Gasteiger partial charge is 0.271 e. The Bertz CT molecular complexity index is 1060. The molecule has 3 rings (SSSR count). The number of aromatic nitrogens is 4. The van der Waals surface area contributed by atoms with E-state index >= 15 is 0 Å². The maximum atomic E-state index is 14.0. The van der Waals surface area contributed by atoms with E-state index in [0.29, 0.717) is 11.4 Å². The van der Waals surface area contributed by atoms with E-state index in [1.54, 1.807) is 19.9 Å². The summed E-state index contributed by atoms with van der Waals surface area (Å²) in [6.45, 7) is 4.83. The third-order valence-electron chi connectivity index (χ3n) is 3.36. The van der Waals surface area contributed by atoms with Crippen LogP contribution in [0.2, 0.25) is 0 Å². The average Bonchev–Trinajstić information content (AvgIpc) is 2.93. The number of fused-ring (bicyclic) bond motifs is 1. The minimum Gasteiger partial charge on any atom is -0.271 e. The molecule has 0 aliphatic rings. The first-order valence-electron chi connectivity index (χ1n) is 6.87. The van der Waals surface area contributed by atoms with Gasteiger partial charge in [0.25, 0.3) is 21.0 Å². The number of halogens is 2. The van der Waals surface area contributed by atoms with Crippen LogP contribution in [0, 0.1) is 32.4 Å². The molecule has 126 valence electrons. The first-order chi connectivity index (χ1) is 11.2. The van der Waals surface area contributed by atoms with Crippen LogP contribution in [0.15, 0.2) is 23.4 Å². The summed E-state index contributed by atoms with van der Waals surface area (Å²) in [5.41, 5.74) is 0.597. The van der Waals surface area contributed by atoms with E-state index in [9.17, 15) is 17.2 Å². The molecule has 1 aromatic carbocycles. The molecular formula is C14H13F2N5O2S. The molecule has 0 atom stereocenters. The first-order valence-corrected chi connectivity index (χ1v) is 8.36. The van der Waals surface area contributed by atoms with Crippen LogP contribution >= 0.6 is 0 Å². The minimum atomic E-state index is -4.38. The van der Waals surface area contributed by atoms with Crippen molar-refractivity contribution >= 4 is 21.5 Å². The van der Waals surface area contributed by atoms with Crippen molar-refractivity contribution in [2.24, 2.45) is 0 Å². The van der Waals surface area contributed by atoms with Gasteiger partial charge in [0.2, 0.25) is 0 Å². The second kappa shape index (κ2) is 5.48. The van der Waals surface area contributed by atoms with E-state index < -0.39 is 32.5 Å². The zero-order valence-corrected chi connectivity index (χ0v) is 13.8. The van der Waals surface area contributed by atoms with Gasteiger partial charge in [0.1, 0.15) is 11.5 Å². The fourth-order valence-electron chi connectivity index (χ4n) is 2.19. The number of hydrogen-bond acceptors (Lipinski definition) is 5. The molecule has 0 bridgehead atoms. The lowest BCUT2D eigenvalue weighted by Gasteiger charge is -2.08. The Morgan fingerprint density at radius 3 is 2.54 bits per heavy atom. The van der Waals surface area contributed by atoms with Crippen LogP contribution in [0.4, 0.5) is 14.5 Å². The molecule has 2 aromatic heterocycles. The van der Waals surface area contributed by atoms with Crippen molar-refractivity contribution < 1.29 is 17.2 Å². The molecule has 0 amide bonds. The Labute approximate surface area is 136 Å². The van der Waals surface area contributed by atoms with Crippen LogP contribution in [-0.4, -0.2) is 28.0 Å². The average molecular weight is 353 g/mol. The molecule has 2 heterocycles. The zero-order chi connectivity index (χ0) is 17.6. The molecule has 0 saturated heterocycles. The van der Waals surface area contributed by atoms with Crippen LogP contribution in [0.5, 0.6) is 0 Å². The van der Waals surface area contributed by atoms with Crippen LogP contribution in [0.25, 0.3) is 5.78 Å². The minimum absolute atomic E-state index is 0.0815. The highest BCUT2D eigenvalue weighted by molar-refractivity contribution is 7.92. The van der Waals surface area contributed by atoms with E-state index in [4.69, 9.17) is 0 Å². The summed E-state index contributed by atoms with van der Waals surface area (Å²) in [5.74, 6) is -1.94. The Hall–Kier alpha value is -2.62. The van der Waals surface area contributed by atoms with E-state index in [-0.39, 0.29) is 11.3 Å². The van der Waals surface area contributed by atoms with E-state index in [1.165, 1.54) is 17.5 Å². The lowest BCUT2D eigenvalue weighted by atomic mass is 10.2. The normalized spacial score (nSPS) is 11.9. The molecule has 0 unspecified atom stereocenters. The lowest BCUT2D eigenvalue weighted by Crippen LogP contribution is -2.17. The molecule has 10 heteroatoms. The Kier molecular flexibility index (Phi) is 3.71. The van der Waals surface area contributed by atoms with Crippen molar-refractivity contribution in [1.82, 2.24) is 19.6 Å². The van der Waals surface area contributed by atoms with Gasteiger partial charge in [-0.3, -0.25) is 4.72 Å². The molecular weight excluding hydrogens is 340 g/mol. The molecule has 0 fully saturated rings. The van der Waals surface area contributed by atoms with Gasteiger partial charge in [0, 0.05) is 11.4 Å². The zero-order valence-electron chi connectivity index (χ0n) is 13.0. The Morgan fingerprint density at radius 2 is 1.83 bits per heavy atom. The SMILES string of the molecule is Cc1cc(C)n2nc(S(=O)(=O)Nc3c(F)ccc(C)c3F)nc2n1. The quantitative estimate of drug-likeness (QED) is 0.779. The van der Waals surface area contributed by atoms with Gasteiger partial charge in [0.15, 0.2) is 5.82 Å². The molecule has 0 saturated carbocycles. The van der Waals surface area contributed by atoms with Crippen molar-refractivity contribution in [2.45, 2.75) is 25.9 Å². The lowest BCUT2D eigenvalue weighted by molar-refractivity contribution is 0.575. The summed E-state index contributed by atoms with van der Waals surface area (Å²) >= 11 is 0. The monoisotopic (exact) mass is 353 g/mol. The van der Waals surface area contributed by atoms with Crippen LogP contribution < -0.4 is 4.72 Å². The van der Waals surface area contributed by atoms with E-state index in [0.717, 1.165) is 6.07 Å². The predicted molar refractivity (Wildman–Crippen MR) is 82.2 cm³/mol. The summed E-state index contributed by atoms with van der Waals surface area (Å²) in [4.78, 5) is 7.91. The molecule has 1 N–H and O–H groups in total. The summed E-state index contributed by atoms with van der Waals surface area (Å²) in [7, 11) is -4.38.